The molecule has 7 nitrogen and oxygen atoms in total. The molecule has 9 heteroatoms. The Labute approximate surface area is 189 Å². The quantitative estimate of drug-likeness (QED) is 0.640. The lowest BCUT2D eigenvalue weighted by molar-refractivity contribution is -0.129. The third-order valence-electron chi connectivity index (χ3n) is 4.86. The largest absolute Gasteiger partial charge is 0.496 e. The predicted molar refractivity (Wildman–Crippen MR) is 125 cm³/mol. The van der Waals surface area contributed by atoms with Gasteiger partial charge in [0.15, 0.2) is 5.11 Å². The van der Waals surface area contributed by atoms with Gasteiger partial charge in [-0.3, -0.25) is 14.9 Å². The number of halogens is 1. The zero-order valence-corrected chi connectivity index (χ0v) is 19.2. The van der Waals surface area contributed by atoms with Crippen LogP contribution in [0.1, 0.15) is 17.3 Å². The second kappa shape index (κ2) is 9.90. The summed E-state index contributed by atoms with van der Waals surface area (Å²) in [5.74, 6) is 0.421. The fraction of sp³-hybridized carbons (Fsp3) is 0.286. The van der Waals surface area contributed by atoms with Crippen LogP contribution in [0.5, 0.6) is 5.75 Å². The van der Waals surface area contributed by atoms with Gasteiger partial charge >= 0.3 is 0 Å². The highest BCUT2D eigenvalue weighted by Crippen LogP contribution is 2.27. The average Bonchev–Trinajstić information content (AvgIpc) is 2.74. The van der Waals surface area contributed by atoms with E-state index in [1.165, 1.54) is 0 Å². The van der Waals surface area contributed by atoms with Crippen LogP contribution in [0.4, 0.5) is 11.4 Å². The monoisotopic (exact) mass is 490 g/mol. The molecule has 0 bridgehead atoms. The lowest BCUT2D eigenvalue weighted by atomic mass is 10.2. The Morgan fingerprint density at radius 3 is 2.43 bits per heavy atom. The van der Waals surface area contributed by atoms with Crippen LogP contribution in [-0.2, 0) is 4.79 Å². The molecule has 0 aliphatic carbocycles. The highest BCUT2D eigenvalue weighted by molar-refractivity contribution is 9.10. The van der Waals surface area contributed by atoms with Crippen molar-refractivity contribution < 1.29 is 14.3 Å². The first-order valence-corrected chi connectivity index (χ1v) is 10.6. The summed E-state index contributed by atoms with van der Waals surface area (Å²) < 4.78 is 5.87. The van der Waals surface area contributed by atoms with E-state index in [4.69, 9.17) is 17.0 Å². The zero-order valence-electron chi connectivity index (χ0n) is 16.8. The van der Waals surface area contributed by atoms with E-state index in [-0.39, 0.29) is 16.9 Å². The number of nitrogens with one attached hydrogen (secondary N) is 2. The molecule has 1 aliphatic rings. The molecule has 30 heavy (non-hydrogen) atoms. The first kappa shape index (κ1) is 22.0. The molecule has 3 rings (SSSR count). The van der Waals surface area contributed by atoms with Crippen LogP contribution in [0.3, 0.4) is 0 Å². The van der Waals surface area contributed by atoms with Crippen molar-refractivity contribution in [3.8, 4) is 5.75 Å². The molecule has 1 heterocycles. The Morgan fingerprint density at radius 1 is 1.10 bits per heavy atom. The second-order valence-electron chi connectivity index (χ2n) is 6.77. The van der Waals surface area contributed by atoms with Gasteiger partial charge in [-0.25, -0.2) is 0 Å². The van der Waals surface area contributed by atoms with Crippen LogP contribution in [0.25, 0.3) is 0 Å². The van der Waals surface area contributed by atoms with Gasteiger partial charge in [-0.1, -0.05) is 12.1 Å². The standard InChI is InChI=1S/C21H23BrN4O3S/c1-14(27)25-9-11-26(12-10-25)18-6-4-3-5-17(18)23-21(30)24-20(28)15-7-8-19(29-2)16(22)13-15/h3-8,13H,9-12H2,1-2H3,(H2,23,24,28,30). The minimum Gasteiger partial charge on any atom is -0.496 e. The van der Waals surface area contributed by atoms with Crippen molar-refractivity contribution in [2.75, 3.05) is 43.5 Å². The molecule has 2 aromatic rings. The van der Waals surface area contributed by atoms with E-state index in [9.17, 15) is 9.59 Å². The van der Waals surface area contributed by atoms with E-state index in [1.54, 1.807) is 32.2 Å². The molecule has 158 valence electrons. The number of ether oxygens (including phenoxy) is 1. The summed E-state index contributed by atoms with van der Waals surface area (Å²) in [7, 11) is 1.57. The molecule has 0 atom stereocenters. The molecular weight excluding hydrogens is 468 g/mol. The molecule has 0 aromatic heterocycles. The number of piperazine rings is 1. The normalized spacial score (nSPS) is 13.6. The van der Waals surface area contributed by atoms with Gasteiger partial charge in [0.25, 0.3) is 5.91 Å². The maximum absolute atomic E-state index is 12.5. The van der Waals surface area contributed by atoms with E-state index in [1.807, 2.05) is 29.2 Å². The molecular formula is C21H23BrN4O3S. The number of amides is 2. The highest BCUT2D eigenvalue weighted by Gasteiger charge is 2.21. The Balaban J connectivity index is 1.65. The van der Waals surface area contributed by atoms with Crippen molar-refractivity contribution >= 4 is 56.4 Å². The Kier molecular flexibility index (Phi) is 7.28. The minimum absolute atomic E-state index is 0.0927. The summed E-state index contributed by atoms with van der Waals surface area (Å²) in [6.07, 6.45) is 0. The van der Waals surface area contributed by atoms with Crippen molar-refractivity contribution in [1.29, 1.82) is 0 Å². The van der Waals surface area contributed by atoms with Gasteiger partial charge in [0.2, 0.25) is 5.91 Å². The van der Waals surface area contributed by atoms with Crippen LogP contribution in [0.15, 0.2) is 46.9 Å². The number of anilines is 2. The summed E-state index contributed by atoms with van der Waals surface area (Å²) in [5, 5.41) is 6.04. The van der Waals surface area contributed by atoms with E-state index in [2.05, 4.69) is 31.5 Å². The van der Waals surface area contributed by atoms with Crippen molar-refractivity contribution in [3.63, 3.8) is 0 Å². The lowest BCUT2D eigenvalue weighted by Crippen LogP contribution is -2.48. The molecule has 0 unspecified atom stereocenters. The number of carbonyl (C=O) groups excluding carboxylic acids is 2. The molecule has 2 aromatic carbocycles. The summed E-state index contributed by atoms with van der Waals surface area (Å²) >= 11 is 8.74. The Morgan fingerprint density at radius 2 is 1.80 bits per heavy atom. The number of methoxy groups -OCH3 is 1. The van der Waals surface area contributed by atoms with Gasteiger partial charge in [0, 0.05) is 38.7 Å². The number of carbonyl (C=O) groups is 2. The molecule has 1 aliphatic heterocycles. The molecule has 1 saturated heterocycles. The van der Waals surface area contributed by atoms with Gasteiger partial charge in [-0.2, -0.15) is 0 Å². The number of para-hydroxylation sites is 2. The van der Waals surface area contributed by atoms with Crippen molar-refractivity contribution in [2.24, 2.45) is 0 Å². The van der Waals surface area contributed by atoms with Crippen molar-refractivity contribution in [2.45, 2.75) is 6.92 Å². The van der Waals surface area contributed by atoms with E-state index in [0.29, 0.717) is 28.9 Å². The van der Waals surface area contributed by atoms with Crippen molar-refractivity contribution in [1.82, 2.24) is 10.2 Å². The van der Waals surface area contributed by atoms with Crippen LogP contribution in [0, 0.1) is 0 Å². The van der Waals surface area contributed by atoms with Crippen molar-refractivity contribution in [3.05, 3.63) is 52.5 Å². The molecule has 0 radical (unpaired) electrons. The number of rotatable bonds is 4. The predicted octanol–water partition coefficient (Wildman–Crippen LogP) is 3.25. The van der Waals surface area contributed by atoms with Crippen LogP contribution >= 0.6 is 28.1 Å². The van der Waals surface area contributed by atoms with Crippen LogP contribution in [-0.4, -0.2) is 55.1 Å². The summed E-state index contributed by atoms with van der Waals surface area (Å²) in [6.45, 7) is 4.41. The van der Waals surface area contributed by atoms with Crippen LogP contribution in [0.2, 0.25) is 0 Å². The SMILES string of the molecule is COc1ccc(C(=O)NC(=S)Nc2ccccc2N2CCN(C(C)=O)CC2)cc1Br. The first-order chi connectivity index (χ1) is 14.4. The summed E-state index contributed by atoms with van der Waals surface area (Å²) in [6, 6.07) is 12.8. The molecule has 2 amide bonds. The Hall–Kier alpha value is -2.65. The third kappa shape index (κ3) is 5.28. The fourth-order valence-electron chi connectivity index (χ4n) is 3.25. The number of thiocarbonyl (C=S) groups is 1. The van der Waals surface area contributed by atoms with Gasteiger partial charge < -0.3 is 19.9 Å². The summed E-state index contributed by atoms with van der Waals surface area (Å²) in [5.41, 5.74) is 2.24. The molecule has 0 spiro atoms. The highest BCUT2D eigenvalue weighted by atomic mass is 79.9. The molecule has 0 saturated carbocycles. The minimum atomic E-state index is -0.316. The average molecular weight is 491 g/mol. The molecule has 1 fully saturated rings. The second-order valence-corrected chi connectivity index (χ2v) is 8.03. The zero-order chi connectivity index (χ0) is 21.7. The Bertz CT molecular complexity index is 961. The first-order valence-electron chi connectivity index (χ1n) is 9.44. The smallest absolute Gasteiger partial charge is 0.257 e. The maximum atomic E-state index is 12.5. The number of benzene rings is 2. The van der Waals surface area contributed by atoms with Gasteiger partial charge in [-0.15, -0.1) is 0 Å². The maximum Gasteiger partial charge on any atom is 0.257 e. The van der Waals surface area contributed by atoms with E-state index >= 15 is 0 Å². The lowest BCUT2D eigenvalue weighted by Gasteiger charge is -2.36. The topological polar surface area (TPSA) is 73.9 Å². The number of hydrogen-bond donors (Lipinski definition) is 2. The van der Waals surface area contributed by atoms with E-state index in [0.717, 1.165) is 24.5 Å². The number of hydrogen-bond acceptors (Lipinski definition) is 5. The van der Waals surface area contributed by atoms with Crippen LogP contribution < -0.4 is 20.3 Å². The summed E-state index contributed by atoms with van der Waals surface area (Å²) in [4.78, 5) is 28.1. The van der Waals surface area contributed by atoms with Gasteiger partial charge in [-0.05, 0) is 58.5 Å². The third-order valence-corrected chi connectivity index (χ3v) is 5.68. The number of nitrogens with zero attached hydrogens (tertiary/aromatic N) is 2. The van der Waals surface area contributed by atoms with E-state index < -0.39 is 0 Å². The fourth-order valence-corrected chi connectivity index (χ4v) is 4.00. The molecule has 2 N–H and O–H groups in total. The van der Waals surface area contributed by atoms with Gasteiger partial charge in [0.05, 0.1) is 23.0 Å². The van der Waals surface area contributed by atoms with Gasteiger partial charge in [0.1, 0.15) is 5.75 Å².